The third-order valence-corrected chi connectivity index (χ3v) is 3.21. The first-order valence-corrected chi connectivity index (χ1v) is 6.39. The van der Waals surface area contributed by atoms with Crippen molar-refractivity contribution in [2.24, 2.45) is 0 Å². The number of hydrogen-bond donors (Lipinski definition) is 2. The summed E-state index contributed by atoms with van der Waals surface area (Å²) in [5.41, 5.74) is 9.36. The van der Waals surface area contributed by atoms with Crippen molar-refractivity contribution in [3.8, 4) is 16.9 Å². The number of carboxylic acids is 1. The fraction of sp³-hybridized carbons (Fsp3) is 0. The molecule has 0 spiro atoms. The zero-order chi connectivity index (χ0) is 14.8. The highest BCUT2D eigenvalue weighted by Gasteiger charge is 2.08. The third-order valence-electron chi connectivity index (χ3n) is 3.21. The maximum atomic E-state index is 10.9. The van der Waals surface area contributed by atoms with Crippen LogP contribution in [0.25, 0.3) is 16.9 Å². The molecule has 1 heterocycles. The molecular weight excluding hydrogens is 266 g/mol. The van der Waals surface area contributed by atoms with Crippen LogP contribution in [0.4, 0.5) is 5.69 Å². The first-order valence-electron chi connectivity index (χ1n) is 6.39. The minimum Gasteiger partial charge on any atom is -0.478 e. The number of hydrogen-bond acceptors (Lipinski definition) is 3. The van der Waals surface area contributed by atoms with Gasteiger partial charge in [0.1, 0.15) is 0 Å². The van der Waals surface area contributed by atoms with Crippen molar-refractivity contribution >= 4 is 11.7 Å². The fourth-order valence-electron chi connectivity index (χ4n) is 2.13. The molecule has 0 aliphatic heterocycles. The monoisotopic (exact) mass is 279 g/mol. The summed E-state index contributed by atoms with van der Waals surface area (Å²) in [5, 5.41) is 13.2. The van der Waals surface area contributed by atoms with Crippen molar-refractivity contribution in [3.63, 3.8) is 0 Å². The maximum Gasteiger partial charge on any atom is 0.335 e. The van der Waals surface area contributed by atoms with Crippen LogP contribution >= 0.6 is 0 Å². The molecule has 3 rings (SSSR count). The van der Waals surface area contributed by atoms with Crippen molar-refractivity contribution in [3.05, 3.63) is 66.4 Å². The minimum absolute atomic E-state index is 0.250. The number of rotatable bonds is 3. The molecule has 0 saturated heterocycles. The zero-order valence-electron chi connectivity index (χ0n) is 11.1. The lowest BCUT2D eigenvalue weighted by Crippen LogP contribution is -2.01. The van der Waals surface area contributed by atoms with Crippen LogP contribution in [-0.2, 0) is 0 Å². The normalized spacial score (nSPS) is 10.5. The lowest BCUT2D eigenvalue weighted by Gasteiger charge is -2.08. The van der Waals surface area contributed by atoms with Crippen LogP contribution in [0.1, 0.15) is 10.4 Å². The molecule has 0 amide bonds. The molecule has 0 aliphatic carbocycles. The van der Waals surface area contributed by atoms with E-state index in [0.717, 1.165) is 16.9 Å². The number of benzene rings is 2. The first-order chi connectivity index (χ1) is 10.1. The highest BCUT2D eigenvalue weighted by molar-refractivity contribution is 5.87. The topological polar surface area (TPSA) is 81.1 Å². The van der Waals surface area contributed by atoms with Gasteiger partial charge >= 0.3 is 5.97 Å². The molecule has 0 unspecified atom stereocenters. The van der Waals surface area contributed by atoms with E-state index in [1.165, 1.54) is 0 Å². The van der Waals surface area contributed by atoms with Crippen LogP contribution in [0, 0.1) is 0 Å². The third kappa shape index (κ3) is 2.49. The average Bonchev–Trinajstić information content (AvgIpc) is 2.97. The van der Waals surface area contributed by atoms with Gasteiger partial charge in [0.05, 0.1) is 23.1 Å². The quantitative estimate of drug-likeness (QED) is 0.722. The lowest BCUT2D eigenvalue weighted by molar-refractivity contribution is 0.0697. The molecule has 1 aromatic heterocycles. The van der Waals surface area contributed by atoms with Crippen molar-refractivity contribution in [2.75, 3.05) is 5.73 Å². The Morgan fingerprint density at radius 2 is 1.67 bits per heavy atom. The first kappa shape index (κ1) is 12.9. The van der Waals surface area contributed by atoms with Gasteiger partial charge in [-0.05, 0) is 42.5 Å². The van der Waals surface area contributed by atoms with Crippen LogP contribution < -0.4 is 5.73 Å². The lowest BCUT2D eigenvalue weighted by atomic mass is 10.1. The Hall–Kier alpha value is -3.08. The average molecular weight is 279 g/mol. The second-order valence-electron chi connectivity index (χ2n) is 4.60. The summed E-state index contributed by atoms with van der Waals surface area (Å²) in [6.45, 7) is 0. The smallest absolute Gasteiger partial charge is 0.335 e. The van der Waals surface area contributed by atoms with Crippen LogP contribution in [0.3, 0.4) is 0 Å². The Morgan fingerprint density at radius 3 is 2.29 bits per heavy atom. The van der Waals surface area contributed by atoms with Gasteiger partial charge in [0.25, 0.3) is 0 Å². The van der Waals surface area contributed by atoms with Crippen molar-refractivity contribution in [1.29, 1.82) is 0 Å². The summed E-state index contributed by atoms with van der Waals surface area (Å²) in [7, 11) is 0. The van der Waals surface area contributed by atoms with Crippen molar-refractivity contribution < 1.29 is 9.90 Å². The van der Waals surface area contributed by atoms with Gasteiger partial charge in [-0.1, -0.05) is 12.1 Å². The molecule has 0 aliphatic rings. The van der Waals surface area contributed by atoms with Crippen molar-refractivity contribution in [1.82, 2.24) is 9.78 Å². The van der Waals surface area contributed by atoms with E-state index in [1.54, 1.807) is 35.1 Å². The van der Waals surface area contributed by atoms with Gasteiger partial charge in [0.2, 0.25) is 0 Å². The fourth-order valence-corrected chi connectivity index (χ4v) is 2.13. The molecule has 0 fully saturated rings. The maximum absolute atomic E-state index is 10.9. The van der Waals surface area contributed by atoms with E-state index < -0.39 is 5.97 Å². The summed E-state index contributed by atoms with van der Waals surface area (Å²) in [6, 6.07) is 16.0. The second kappa shape index (κ2) is 5.13. The number of carboxylic acid groups (broad SMARTS) is 1. The zero-order valence-corrected chi connectivity index (χ0v) is 11.1. The molecule has 0 saturated carbocycles. The van der Waals surface area contributed by atoms with Gasteiger partial charge in [0, 0.05) is 11.3 Å². The predicted octanol–water partition coefficient (Wildman–Crippen LogP) is 2.82. The molecule has 0 bridgehead atoms. The molecule has 3 aromatic rings. The minimum atomic E-state index is -0.944. The van der Waals surface area contributed by atoms with Crippen LogP contribution in [0.15, 0.2) is 60.8 Å². The second-order valence-corrected chi connectivity index (χ2v) is 4.60. The number of nitrogens with two attached hydrogens (primary N) is 1. The highest BCUT2D eigenvalue weighted by Crippen LogP contribution is 2.23. The number of aromatic carboxylic acids is 1. The van der Waals surface area contributed by atoms with E-state index in [0.29, 0.717) is 5.69 Å². The largest absolute Gasteiger partial charge is 0.478 e. The van der Waals surface area contributed by atoms with Gasteiger partial charge in [-0.15, -0.1) is 0 Å². The van der Waals surface area contributed by atoms with Gasteiger partial charge < -0.3 is 10.8 Å². The Kier molecular flexibility index (Phi) is 3.16. The highest BCUT2D eigenvalue weighted by atomic mass is 16.4. The molecule has 5 nitrogen and oxygen atoms in total. The Bertz CT molecular complexity index is 774. The van der Waals surface area contributed by atoms with Crippen LogP contribution in [-0.4, -0.2) is 20.9 Å². The summed E-state index contributed by atoms with van der Waals surface area (Å²) >= 11 is 0. The summed E-state index contributed by atoms with van der Waals surface area (Å²) in [6.07, 6.45) is 1.71. The molecule has 21 heavy (non-hydrogen) atoms. The number of nitrogens with zero attached hydrogens (tertiary/aromatic N) is 2. The molecule has 104 valence electrons. The standard InChI is InChI=1S/C16H13N3O2/c17-13-5-1-11(2-6-13)15-9-10-18-19(15)14-7-3-12(4-8-14)16(20)21/h1-10H,17H2,(H,20,21). The van der Waals surface area contributed by atoms with Gasteiger partial charge in [-0.2, -0.15) is 5.10 Å². The Labute approximate surface area is 121 Å². The number of nitrogen functional groups attached to an aromatic ring is 1. The summed E-state index contributed by atoms with van der Waals surface area (Å²) < 4.78 is 1.76. The SMILES string of the molecule is Nc1ccc(-c2ccnn2-c2ccc(C(=O)O)cc2)cc1. The molecule has 3 N–H and O–H groups in total. The van der Waals surface area contributed by atoms with Crippen molar-refractivity contribution in [2.45, 2.75) is 0 Å². The number of anilines is 1. The molecule has 0 radical (unpaired) electrons. The molecular formula is C16H13N3O2. The summed E-state index contributed by atoms with van der Waals surface area (Å²) in [5.74, 6) is -0.944. The number of carbonyl (C=O) groups is 1. The predicted molar refractivity (Wildman–Crippen MR) is 80.4 cm³/mol. The van der Waals surface area contributed by atoms with E-state index in [9.17, 15) is 4.79 Å². The Balaban J connectivity index is 2.02. The van der Waals surface area contributed by atoms with E-state index in [-0.39, 0.29) is 5.56 Å². The Morgan fingerprint density at radius 1 is 1.00 bits per heavy atom. The van der Waals surface area contributed by atoms with Crippen LogP contribution in [0.5, 0.6) is 0 Å². The summed E-state index contributed by atoms with van der Waals surface area (Å²) in [4.78, 5) is 10.9. The van der Waals surface area contributed by atoms with Gasteiger partial charge in [-0.25, -0.2) is 9.48 Å². The van der Waals surface area contributed by atoms with Gasteiger partial charge in [-0.3, -0.25) is 0 Å². The van der Waals surface area contributed by atoms with Gasteiger partial charge in [0.15, 0.2) is 0 Å². The van der Waals surface area contributed by atoms with E-state index in [2.05, 4.69) is 5.10 Å². The van der Waals surface area contributed by atoms with Crippen LogP contribution in [0.2, 0.25) is 0 Å². The van der Waals surface area contributed by atoms with E-state index in [1.807, 2.05) is 30.3 Å². The van der Waals surface area contributed by atoms with E-state index >= 15 is 0 Å². The van der Waals surface area contributed by atoms with E-state index in [4.69, 9.17) is 10.8 Å². The molecule has 2 aromatic carbocycles. The molecule has 5 heteroatoms. The molecule has 0 atom stereocenters. The number of aromatic nitrogens is 2.